The summed E-state index contributed by atoms with van der Waals surface area (Å²) in [6.07, 6.45) is 6.50. The van der Waals surface area contributed by atoms with Crippen molar-refractivity contribution in [2.75, 3.05) is 4.90 Å². The SMILES string of the molecule is CCCCCCc1ccc(N2c3ccsc3Sc3sccc32)cc1. The van der Waals surface area contributed by atoms with E-state index in [1.54, 1.807) is 0 Å². The lowest BCUT2D eigenvalue weighted by molar-refractivity contribution is 0.667. The third-order valence-corrected chi connectivity index (χ3v) is 7.66. The first-order valence-electron chi connectivity index (χ1n) is 8.58. The van der Waals surface area contributed by atoms with E-state index in [-0.39, 0.29) is 0 Å². The summed E-state index contributed by atoms with van der Waals surface area (Å²) in [7, 11) is 0. The van der Waals surface area contributed by atoms with Gasteiger partial charge in [0.25, 0.3) is 0 Å². The van der Waals surface area contributed by atoms with Gasteiger partial charge in [-0.3, -0.25) is 0 Å². The van der Waals surface area contributed by atoms with Gasteiger partial charge in [-0.05, 0) is 53.4 Å². The molecule has 2 aromatic heterocycles. The summed E-state index contributed by atoms with van der Waals surface area (Å²) >= 11 is 5.58. The molecule has 0 aliphatic carbocycles. The Morgan fingerprint density at radius 3 is 2.08 bits per heavy atom. The fourth-order valence-electron chi connectivity index (χ4n) is 3.12. The van der Waals surface area contributed by atoms with Crippen LogP contribution in [0.25, 0.3) is 0 Å². The van der Waals surface area contributed by atoms with Gasteiger partial charge in [0.2, 0.25) is 0 Å². The van der Waals surface area contributed by atoms with E-state index in [0.29, 0.717) is 0 Å². The van der Waals surface area contributed by atoms with Crippen molar-refractivity contribution in [3.8, 4) is 0 Å². The average Bonchev–Trinajstić information content (AvgIpc) is 3.26. The topological polar surface area (TPSA) is 3.24 Å². The zero-order valence-electron chi connectivity index (χ0n) is 13.8. The minimum atomic E-state index is 1.20. The smallest absolute Gasteiger partial charge is 0.0896 e. The molecule has 4 heteroatoms. The molecule has 0 radical (unpaired) electrons. The standard InChI is InChI=1S/C20H21NS3/c1-2-3-4-5-6-15-7-9-16(10-8-15)21-17-11-13-22-19(17)24-20-18(21)12-14-23-20/h7-14H,2-6H2,1H3. The molecule has 0 amide bonds. The summed E-state index contributed by atoms with van der Waals surface area (Å²) in [4.78, 5) is 2.41. The third kappa shape index (κ3) is 3.15. The van der Waals surface area contributed by atoms with Gasteiger partial charge in [0.15, 0.2) is 0 Å². The number of aryl methyl sites for hydroxylation is 1. The maximum absolute atomic E-state index is 2.41. The van der Waals surface area contributed by atoms with E-state index in [4.69, 9.17) is 0 Å². The first-order chi connectivity index (χ1) is 11.9. The fraction of sp³-hybridized carbons (Fsp3) is 0.300. The Hall–Kier alpha value is -1.23. The molecule has 0 spiro atoms. The van der Waals surface area contributed by atoms with Crippen LogP contribution in [0, 0.1) is 0 Å². The largest absolute Gasteiger partial charge is 0.306 e. The van der Waals surface area contributed by atoms with Gasteiger partial charge in [0.1, 0.15) is 0 Å². The second kappa shape index (κ2) is 7.34. The molecule has 0 N–H and O–H groups in total. The van der Waals surface area contributed by atoms with Crippen molar-refractivity contribution in [2.45, 2.75) is 47.4 Å². The molecule has 0 bridgehead atoms. The van der Waals surface area contributed by atoms with Gasteiger partial charge in [-0.25, -0.2) is 0 Å². The molecule has 4 rings (SSSR count). The Balaban J connectivity index is 1.57. The predicted octanol–water partition coefficient (Wildman–Crippen LogP) is 7.87. The predicted molar refractivity (Wildman–Crippen MR) is 109 cm³/mol. The van der Waals surface area contributed by atoms with Crippen LogP contribution in [-0.4, -0.2) is 0 Å². The summed E-state index contributed by atoms with van der Waals surface area (Å²) < 4.78 is 2.79. The Labute approximate surface area is 156 Å². The number of hydrogen-bond donors (Lipinski definition) is 0. The normalized spacial score (nSPS) is 13.0. The van der Waals surface area contributed by atoms with Crippen molar-refractivity contribution in [1.29, 1.82) is 0 Å². The van der Waals surface area contributed by atoms with Gasteiger partial charge in [-0.2, -0.15) is 0 Å². The van der Waals surface area contributed by atoms with E-state index in [9.17, 15) is 0 Å². The molecular formula is C20H21NS3. The summed E-state index contributed by atoms with van der Waals surface area (Å²) in [6, 6.07) is 13.7. The van der Waals surface area contributed by atoms with Crippen LogP contribution in [0.15, 0.2) is 55.6 Å². The van der Waals surface area contributed by atoms with E-state index in [0.717, 1.165) is 0 Å². The van der Waals surface area contributed by atoms with Crippen molar-refractivity contribution in [3.05, 3.63) is 52.7 Å². The Morgan fingerprint density at radius 2 is 1.46 bits per heavy atom. The van der Waals surface area contributed by atoms with Gasteiger partial charge in [-0.1, -0.05) is 50.1 Å². The van der Waals surface area contributed by atoms with Gasteiger partial charge < -0.3 is 4.90 Å². The lowest BCUT2D eigenvalue weighted by atomic mass is 10.1. The minimum absolute atomic E-state index is 1.20. The fourth-order valence-corrected chi connectivity index (χ4v) is 6.40. The molecule has 0 atom stereocenters. The molecule has 0 saturated heterocycles. The van der Waals surface area contributed by atoms with E-state index in [1.165, 1.54) is 63.1 Å². The minimum Gasteiger partial charge on any atom is -0.306 e. The number of hydrogen-bond acceptors (Lipinski definition) is 4. The van der Waals surface area contributed by atoms with E-state index in [2.05, 4.69) is 59.0 Å². The molecular weight excluding hydrogens is 350 g/mol. The van der Waals surface area contributed by atoms with Crippen molar-refractivity contribution in [3.63, 3.8) is 0 Å². The van der Waals surface area contributed by atoms with E-state index < -0.39 is 0 Å². The van der Waals surface area contributed by atoms with E-state index in [1.807, 2.05) is 34.4 Å². The average molecular weight is 372 g/mol. The van der Waals surface area contributed by atoms with Crippen LogP contribution in [0.2, 0.25) is 0 Å². The number of rotatable bonds is 6. The molecule has 0 fully saturated rings. The molecule has 124 valence electrons. The number of anilines is 3. The van der Waals surface area contributed by atoms with Crippen molar-refractivity contribution in [1.82, 2.24) is 0 Å². The monoisotopic (exact) mass is 371 g/mol. The third-order valence-electron chi connectivity index (χ3n) is 4.40. The van der Waals surface area contributed by atoms with Crippen molar-refractivity contribution in [2.24, 2.45) is 0 Å². The molecule has 3 aromatic rings. The van der Waals surface area contributed by atoms with E-state index >= 15 is 0 Å². The summed E-state index contributed by atoms with van der Waals surface area (Å²) in [6.45, 7) is 2.27. The number of fused-ring (bicyclic) bond motifs is 2. The molecule has 1 aliphatic heterocycles. The van der Waals surface area contributed by atoms with Gasteiger partial charge >= 0.3 is 0 Å². The van der Waals surface area contributed by atoms with Crippen LogP contribution in [0.1, 0.15) is 38.2 Å². The molecule has 1 nitrogen and oxygen atoms in total. The van der Waals surface area contributed by atoms with Crippen LogP contribution < -0.4 is 4.90 Å². The van der Waals surface area contributed by atoms with Crippen LogP contribution in [0.5, 0.6) is 0 Å². The number of nitrogens with zero attached hydrogens (tertiary/aromatic N) is 1. The van der Waals surface area contributed by atoms with Crippen LogP contribution in [-0.2, 0) is 6.42 Å². The number of unbranched alkanes of at least 4 members (excludes halogenated alkanes) is 3. The highest BCUT2D eigenvalue weighted by Gasteiger charge is 2.26. The van der Waals surface area contributed by atoms with Crippen LogP contribution in [0.4, 0.5) is 17.1 Å². The zero-order chi connectivity index (χ0) is 16.4. The van der Waals surface area contributed by atoms with Crippen molar-refractivity contribution >= 4 is 51.5 Å². The quantitative estimate of drug-likeness (QED) is 0.317. The highest BCUT2D eigenvalue weighted by Crippen LogP contribution is 2.55. The van der Waals surface area contributed by atoms with Gasteiger partial charge in [0, 0.05) is 5.69 Å². The Morgan fingerprint density at radius 1 is 0.792 bits per heavy atom. The zero-order valence-corrected chi connectivity index (χ0v) is 16.3. The highest BCUT2D eigenvalue weighted by molar-refractivity contribution is 8.03. The maximum atomic E-state index is 2.41. The molecule has 24 heavy (non-hydrogen) atoms. The lowest BCUT2D eigenvalue weighted by Gasteiger charge is -2.28. The molecule has 3 heterocycles. The lowest BCUT2D eigenvalue weighted by Crippen LogP contribution is -2.11. The van der Waals surface area contributed by atoms with Crippen LogP contribution in [0.3, 0.4) is 0 Å². The summed E-state index contributed by atoms with van der Waals surface area (Å²) in [5, 5.41) is 4.40. The summed E-state index contributed by atoms with van der Waals surface area (Å²) in [5.74, 6) is 0. The first kappa shape index (κ1) is 16.2. The van der Waals surface area contributed by atoms with Crippen molar-refractivity contribution < 1.29 is 0 Å². The molecule has 1 aliphatic rings. The number of benzene rings is 1. The van der Waals surface area contributed by atoms with Gasteiger partial charge in [-0.15, -0.1) is 22.7 Å². The number of thiophene rings is 2. The Bertz CT molecular complexity index is 760. The Kier molecular flexibility index (Phi) is 4.97. The molecule has 0 saturated carbocycles. The van der Waals surface area contributed by atoms with Crippen LogP contribution >= 0.6 is 34.4 Å². The summed E-state index contributed by atoms with van der Waals surface area (Å²) in [5.41, 5.74) is 5.38. The first-order valence-corrected chi connectivity index (χ1v) is 11.2. The second-order valence-corrected chi connectivity index (χ2v) is 9.47. The molecule has 1 aromatic carbocycles. The maximum Gasteiger partial charge on any atom is 0.0896 e. The molecule has 0 unspecified atom stereocenters. The second-order valence-electron chi connectivity index (χ2n) is 6.10. The highest BCUT2D eigenvalue weighted by atomic mass is 32.2. The van der Waals surface area contributed by atoms with Gasteiger partial charge in [0.05, 0.1) is 19.8 Å².